The van der Waals surface area contributed by atoms with Crippen LogP contribution in [-0.4, -0.2) is 0 Å². The predicted molar refractivity (Wildman–Crippen MR) is 96.3 cm³/mol. The van der Waals surface area contributed by atoms with Crippen molar-refractivity contribution in [3.05, 3.63) is 71.0 Å². The summed E-state index contributed by atoms with van der Waals surface area (Å²) in [6.07, 6.45) is 2.09. The molecule has 0 fully saturated rings. The van der Waals surface area contributed by atoms with Gasteiger partial charge in [0, 0.05) is 0 Å². The van der Waals surface area contributed by atoms with Crippen LogP contribution in [0.25, 0.3) is 11.1 Å². The Morgan fingerprint density at radius 1 is 1.00 bits per heavy atom. The number of halogens is 1. The fraction of sp³-hybridized carbons (Fsp3) is 0.333. The van der Waals surface area contributed by atoms with Crippen LogP contribution in [0.1, 0.15) is 57.2 Å². The lowest BCUT2D eigenvalue weighted by Crippen LogP contribution is -1.93. The lowest BCUT2D eigenvalue weighted by Gasteiger charge is -2.15. The second-order valence-corrected chi connectivity index (χ2v) is 5.18. The molecular formula is C21H27F. The molecule has 0 saturated carbocycles. The van der Waals surface area contributed by atoms with E-state index in [1.807, 2.05) is 19.9 Å². The molecule has 0 aliphatic heterocycles. The number of benzene rings is 2. The summed E-state index contributed by atoms with van der Waals surface area (Å²) in [6.45, 7) is 10.4. The van der Waals surface area contributed by atoms with Gasteiger partial charge in [-0.25, -0.2) is 4.39 Å². The SMILES string of the molecule is CC.CCC/C(=C(/C)c1cccc(F)c1)c1ccccc1C. The van der Waals surface area contributed by atoms with Gasteiger partial charge >= 0.3 is 0 Å². The van der Waals surface area contributed by atoms with Crippen LogP contribution in [0.2, 0.25) is 0 Å². The molecule has 0 amide bonds. The maximum absolute atomic E-state index is 13.4. The maximum atomic E-state index is 13.4. The normalized spacial score (nSPS) is 11.4. The van der Waals surface area contributed by atoms with E-state index in [9.17, 15) is 4.39 Å². The third-order valence-corrected chi connectivity index (χ3v) is 3.68. The summed E-state index contributed by atoms with van der Waals surface area (Å²) in [5.41, 5.74) is 6.00. The molecule has 0 atom stereocenters. The van der Waals surface area contributed by atoms with Crippen LogP contribution < -0.4 is 0 Å². The molecule has 0 heterocycles. The van der Waals surface area contributed by atoms with Crippen molar-refractivity contribution in [1.82, 2.24) is 0 Å². The molecule has 0 aromatic heterocycles. The number of hydrogen-bond acceptors (Lipinski definition) is 0. The first-order chi connectivity index (χ1) is 10.6. The summed E-state index contributed by atoms with van der Waals surface area (Å²) in [6, 6.07) is 15.3. The zero-order chi connectivity index (χ0) is 16.5. The van der Waals surface area contributed by atoms with E-state index in [2.05, 4.69) is 45.0 Å². The molecule has 0 aliphatic carbocycles. The predicted octanol–water partition coefficient (Wildman–Crippen LogP) is 6.89. The molecule has 0 bridgehead atoms. The Morgan fingerprint density at radius 3 is 2.27 bits per heavy atom. The van der Waals surface area contributed by atoms with Gasteiger partial charge in [0.05, 0.1) is 0 Å². The van der Waals surface area contributed by atoms with Crippen molar-refractivity contribution in [3.63, 3.8) is 0 Å². The maximum Gasteiger partial charge on any atom is 0.123 e. The molecule has 22 heavy (non-hydrogen) atoms. The molecule has 0 spiro atoms. The Hall–Kier alpha value is -1.89. The van der Waals surface area contributed by atoms with E-state index in [1.54, 1.807) is 12.1 Å². The third-order valence-electron chi connectivity index (χ3n) is 3.68. The van der Waals surface area contributed by atoms with Gasteiger partial charge < -0.3 is 0 Å². The summed E-state index contributed by atoms with van der Waals surface area (Å²) >= 11 is 0. The molecule has 2 rings (SSSR count). The van der Waals surface area contributed by atoms with Crippen molar-refractivity contribution < 1.29 is 4.39 Å². The van der Waals surface area contributed by atoms with Gasteiger partial charge in [-0.15, -0.1) is 0 Å². The topological polar surface area (TPSA) is 0 Å². The fourth-order valence-electron chi connectivity index (χ4n) is 2.58. The fourth-order valence-corrected chi connectivity index (χ4v) is 2.58. The standard InChI is InChI=1S/C19H21F.C2H6/c1-4-8-19(18-12-6-5-9-14(18)2)15(3)16-10-7-11-17(20)13-16;1-2/h5-7,9-13H,4,8H2,1-3H3;1-2H3/b19-15+;. The number of rotatable bonds is 4. The van der Waals surface area contributed by atoms with Crippen LogP contribution in [0, 0.1) is 12.7 Å². The summed E-state index contributed by atoms with van der Waals surface area (Å²) in [4.78, 5) is 0. The Labute approximate surface area is 134 Å². The van der Waals surface area contributed by atoms with Crippen LogP contribution >= 0.6 is 0 Å². The average Bonchev–Trinajstić information content (AvgIpc) is 2.55. The average molecular weight is 298 g/mol. The van der Waals surface area contributed by atoms with E-state index in [-0.39, 0.29) is 5.82 Å². The highest BCUT2D eigenvalue weighted by atomic mass is 19.1. The first-order valence-corrected chi connectivity index (χ1v) is 8.15. The first-order valence-electron chi connectivity index (χ1n) is 8.15. The lowest BCUT2D eigenvalue weighted by atomic mass is 9.90. The largest absolute Gasteiger partial charge is 0.207 e. The molecule has 0 saturated heterocycles. The van der Waals surface area contributed by atoms with E-state index >= 15 is 0 Å². The van der Waals surface area contributed by atoms with Crippen LogP contribution in [0.3, 0.4) is 0 Å². The van der Waals surface area contributed by atoms with E-state index in [0.29, 0.717) is 0 Å². The van der Waals surface area contributed by atoms with Gasteiger partial charge in [-0.2, -0.15) is 0 Å². The van der Waals surface area contributed by atoms with E-state index in [0.717, 1.165) is 18.4 Å². The zero-order valence-corrected chi connectivity index (χ0v) is 14.4. The number of aryl methyl sites for hydroxylation is 1. The third kappa shape index (κ3) is 4.56. The zero-order valence-electron chi connectivity index (χ0n) is 14.4. The van der Waals surface area contributed by atoms with Gasteiger partial charge in [0.1, 0.15) is 5.82 Å². The summed E-state index contributed by atoms with van der Waals surface area (Å²) in [5.74, 6) is -0.178. The van der Waals surface area contributed by atoms with Gasteiger partial charge in [0.15, 0.2) is 0 Å². The van der Waals surface area contributed by atoms with Crippen LogP contribution in [0.15, 0.2) is 48.5 Å². The Morgan fingerprint density at radius 2 is 1.68 bits per heavy atom. The smallest absolute Gasteiger partial charge is 0.123 e. The highest BCUT2D eigenvalue weighted by Gasteiger charge is 2.09. The van der Waals surface area contributed by atoms with Gasteiger partial charge in [-0.05, 0) is 60.2 Å². The van der Waals surface area contributed by atoms with E-state index in [1.165, 1.54) is 28.3 Å². The summed E-state index contributed by atoms with van der Waals surface area (Å²) in [7, 11) is 0. The molecule has 0 N–H and O–H groups in total. The van der Waals surface area contributed by atoms with Gasteiger partial charge in [0.25, 0.3) is 0 Å². The molecule has 2 aromatic rings. The molecule has 118 valence electrons. The van der Waals surface area contributed by atoms with E-state index in [4.69, 9.17) is 0 Å². The molecule has 0 aliphatic rings. The Balaban J connectivity index is 0.00000116. The molecule has 0 unspecified atom stereocenters. The minimum Gasteiger partial charge on any atom is -0.207 e. The second-order valence-electron chi connectivity index (χ2n) is 5.18. The minimum atomic E-state index is -0.178. The van der Waals surface area contributed by atoms with Crippen molar-refractivity contribution in [1.29, 1.82) is 0 Å². The van der Waals surface area contributed by atoms with Crippen LogP contribution in [0.4, 0.5) is 4.39 Å². The molecule has 0 radical (unpaired) electrons. The molecule has 2 aromatic carbocycles. The summed E-state index contributed by atoms with van der Waals surface area (Å²) in [5, 5.41) is 0. The van der Waals surface area contributed by atoms with Crippen molar-refractivity contribution in [2.45, 2.75) is 47.5 Å². The minimum absolute atomic E-state index is 0.178. The van der Waals surface area contributed by atoms with Crippen molar-refractivity contribution in [3.8, 4) is 0 Å². The molecular weight excluding hydrogens is 271 g/mol. The quantitative estimate of drug-likeness (QED) is 0.539. The lowest BCUT2D eigenvalue weighted by molar-refractivity contribution is 0.627. The highest BCUT2D eigenvalue weighted by Crippen LogP contribution is 2.31. The Bertz CT molecular complexity index is 623. The summed E-state index contributed by atoms with van der Waals surface area (Å²) < 4.78 is 13.4. The van der Waals surface area contributed by atoms with Crippen LogP contribution in [0.5, 0.6) is 0 Å². The van der Waals surface area contributed by atoms with Gasteiger partial charge in [0.2, 0.25) is 0 Å². The van der Waals surface area contributed by atoms with E-state index < -0.39 is 0 Å². The van der Waals surface area contributed by atoms with Crippen molar-refractivity contribution >= 4 is 11.1 Å². The molecule has 1 heteroatoms. The van der Waals surface area contributed by atoms with Crippen molar-refractivity contribution in [2.75, 3.05) is 0 Å². The second kappa shape index (κ2) is 9.19. The van der Waals surface area contributed by atoms with Gasteiger partial charge in [-0.3, -0.25) is 0 Å². The first kappa shape index (κ1) is 18.2. The van der Waals surface area contributed by atoms with Gasteiger partial charge in [-0.1, -0.05) is 63.6 Å². The van der Waals surface area contributed by atoms with Crippen molar-refractivity contribution in [2.24, 2.45) is 0 Å². The number of hydrogen-bond donors (Lipinski definition) is 0. The van der Waals surface area contributed by atoms with Crippen LogP contribution in [-0.2, 0) is 0 Å². The Kier molecular flexibility index (Phi) is 7.59. The molecule has 0 nitrogen and oxygen atoms in total. The highest BCUT2D eigenvalue weighted by molar-refractivity contribution is 5.90. The number of allylic oxidation sites excluding steroid dienone is 2. The monoisotopic (exact) mass is 298 g/mol.